The van der Waals surface area contributed by atoms with Gasteiger partial charge in [-0.3, -0.25) is 9.80 Å². The van der Waals surface area contributed by atoms with E-state index in [2.05, 4.69) is 51.8 Å². The zero-order chi connectivity index (χ0) is 9.02. The molecule has 2 unspecified atom stereocenters. The molecule has 0 amide bonds. The van der Waals surface area contributed by atoms with Gasteiger partial charge >= 0.3 is 0 Å². The Labute approximate surface area is 74.9 Å². The summed E-state index contributed by atoms with van der Waals surface area (Å²) in [6.45, 7) is 4.45. The van der Waals surface area contributed by atoms with E-state index in [1.165, 1.54) is 0 Å². The number of hydrogen-bond acceptors (Lipinski definition) is 3. The fourth-order valence-corrected chi connectivity index (χ4v) is 1.59. The maximum absolute atomic E-state index is 2.23. The van der Waals surface area contributed by atoms with Gasteiger partial charge in [-0.05, 0) is 42.0 Å². The summed E-state index contributed by atoms with van der Waals surface area (Å²) in [6, 6.07) is 0. The predicted octanol–water partition coefficient (Wildman–Crippen LogP) is 1.53. The Kier molecular flexibility index (Phi) is 5.13. The van der Waals surface area contributed by atoms with Crippen LogP contribution in [-0.2, 0) is 0 Å². The topological polar surface area (TPSA) is 6.48 Å². The van der Waals surface area contributed by atoms with Gasteiger partial charge in [0.05, 0.1) is 10.7 Å². The summed E-state index contributed by atoms with van der Waals surface area (Å²) in [6.07, 6.45) is 0. The lowest BCUT2D eigenvalue weighted by Gasteiger charge is -2.26. The molecule has 0 aliphatic rings. The molecule has 0 heterocycles. The fourth-order valence-electron chi connectivity index (χ4n) is 0.528. The van der Waals surface area contributed by atoms with Crippen molar-refractivity contribution in [2.45, 2.75) is 24.6 Å². The van der Waals surface area contributed by atoms with Gasteiger partial charge in [-0.1, -0.05) is 0 Å². The maximum atomic E-state index is 2.23. The lowest BCUT2D eigenvalue weighted by Crippen LogP contribution is -2.29. The smallest absolute Gasteiger partial charge is 0.0539 e. The molecule has 0 aliphatic carbocycles. The Hall–Kier alpha value is 0.270. The molecule has 2 atom stereocenters. The third-order valence-corrected chi connectivity index (χ3v) is 3.48. The molecule has 0 radical (unpaired) electrons. The molecule has 0 aromatic carbocycles. The summed E-state index contributed by atoms with van der Waals surface area (Å²) in [5, 5.41) is 1.18. The third kappa shape index (κ3) is 4.67. The fraction of sp³-hybridized carbons (Fsp3) is 1.00. The van der Waals surface area contributed by atoms with Crippen molar-refractivity contribution in [3.8, 4) is 0 Å². The normalized spacial score (nSPS) is 17.5. The molecule has 11 heavy (non-hydrogen) atoms. The van der Waals surface area contributed by atoms with Crippen LogP contribution in [0, 0.1) is 0 Å². The summed E-state index contributed by atoms with van der Waals surface area (Å²) in [4.78, 5) is 4.45. The second-order valence-electron chi connectivity index (χ2n) is 3.26. The zero-order valence-electron chi connectivity index (χ0n) is 8.46. The molecule has 0 saturated carbocycles. The number of hydrogen-bond donors (Lipinski definition) is 0. The van der Waals surface area contributed by atoms with Crippen molar-refractivity contribution in [3.63, 3.8) is 0 Å². The molecule has 68 valence electrons. The van der Waals surface area contributed by atoms with Crippen LogP contribution in [-0.4, -0.2) is 48.7 Å². The van der Waals surface area contributed by atoms with Crippen LogP contribution in [0.5, 0.6) is 0 Å². The lowest BCUT2D eigenvalue weighted by molar-refractivity contribution is 0.377. The second kappa shape index (κ2) is 5.01. The minimum atomic E-state index is 0.590. The van der Waals surface area contributed by atoms with Crippen LogP contribution < -0.4 is 0 Å². The maximum Gasteiger partial charge on any atom is 0.0539 e. The molecular formula is C8H20N2S. The van der Waals surface area contributed by atoms with Gasteiger partial charge in [-0.2, -0.15) is 0 Å². The molecule has 0 N–H and O–H groups in total. The van der Waals surface area contributed by atoms with Crippen LogP contribution in [0.15, 0.2) is 0 Å². The van der Waals surface area contributed by atoms with Crippen LogP contribution in [0.1, 0.15) is 13.8 Å². The summed E-state index contributed by atoms with van der Waals surface area (Å²) in [5.41, 5.74) is 0. The van der Waals surface area contributed by atoms with E-state index in [4.69, 9.17) is 0 Å². The minimum Gasteiger partial charge on any atom is -0.298 e. The highest BCUT2D eigenvalue weighted by Gasteiger charge is 2.11. The van der Waals surface area contributed by atoms with E-state index in [9.17, 15) is 0 Å². The second-order valence-corrected chi connectivity index (χ2v) is 4.90. The summed E-state index contributed by atoms with van der Waals surface area (Å²) in [5.74, 6) is 0. The Morgan fingerprint density at radius 1 is 0.818 bits per heavy atom. The number of nitrogens with zero attached hydrogens (tertiary/aromatic N) is 2. The van der Waals surface area contributed by atoms with Gasteiger partial charge in [0.15, 0.2) is 0 Å². The average molecular weight is 176 g/mol. The Morgan fingerprint density at radius 3 is 1.27 bits per heavy atom. The van der Waals surface area contributed by atoms with Gasteiger partial charge < -0.3 is 0 Å². The Balaban J connectivity index is 3.66. The first-order valence-corrected chi connectivity index (χ1v) is 4.87. The monoisotopic (exact) mass is 176 g/mol. The van der Waals surface area contributed by atoms with Crippen LogP contribution in [0.3, 0.4) is 0 Å². The summed E-state index contributed by atoms with van der Waals surface area (Å²) >= 11 is 1.97. The summed E-state index contributed by atoms with van der Waals surface area (Å²) in [7, 11) is 8.44. The van der Waals surface area contributed by atoms with Gasteiger partial charge in [0, 0.05) is 0 Å². The van der Waals surface area contributed by atoms with Gasteiger partial charge in [0.2, 0.25) is 0 Å². The van der Waals surface area contributed by atoms with Crippen LogP contribution in [0.25, 0.3) is 0 Å². The molecule has 0 aromatic rings. The molecule has 0 bridgehead atoms. The van der Waals surface area contributed by atoms with Gasteiger partial charge in [-0.25, -0.2) is 0 Å². The third-order valence-electron chi connectivity index (χ3n) is 1.85. The van der Waals surface area contributed by atoms with Gasteiger partial charge in [0.25, 0.3) is 0 Å². The molecule has 0 spiro atoms. The zero-order valence-corrected chi connectivity index (χ0v) is 9.27. The highest BCUT2D eigenvalue weighted by Crippen LogP contribution is 2.19. The van der Waals surface area contributed by atoms with Crippen molar-refractivity contribution in [1.29, 1.82) is 0 Å². The van der Waals surface area contributed by atoms with Crippen LogP contribution in [0.4, 0.5) is 0 Å². The Morgan fingerprint density at radius 2 is 1.09 bits per heavy atom. The van der Waals surface area contributed by atoms with E-state index in [0.717, 1.165) is 0 Å². The molecular weight excluding hydrogens is 156 g/mol. The highest BCUT2D eigenvalue weighted by molar-refractivity contribution is 8.00. The van der Waals surface area contributed by atoms with Crippen molar-refractivity contribution >= 4 is 11.8 Å². The van der Waals surface area contributed by atoms with E-state index < -0.39 is 0 Å². The molecule has 0 rings (SSSR count). The molecule has 3 heteroatoms. The van der Waals surface area contributed by atoms with Crippen molar-refractivity contribution in [2.24, 2.45) is 0 Å². The molecule has 0 saturated heterocycles. The first-order chi connectivity index (χ1) is 4.95. The van der Waals surface area contributed by atoms with E-state index in [0.29, 0.717) is 10.7 Å². The van der Waals surface area contributed by atoms with Gasteiger partial charge in [-0.15, -0.1) is 11.8 Å². The van der Waals surface area contributed by atoms with Crippen LogP contribution >= 0.6 is 11.8 Å². The minimum absolute atomic E-state index is 0.590. The van der Waals surface area contributed by atoms with Crippen molar-refractivity contribution in [3.05, 3.63) is 0 Å². The van der Waals surface area contributed by atoms with E-state index in [1.54, 1.807) is 0 Å². The number of thioether (sulfide) groups is 1. The molecule has 0 fully saturated rings. The SMILES string of the molecule is CC(SC(C)N(C)C)N(C)C. The largest absolute Gasteiger partial charge is 0.298 e. The quantitative estimate of drug-likeness (QED) is 0.600. The van der Waals surface area contributed by atoms with Crippen LogP contribution in [0.2, 0.25) is 0 Å². The molecule has 0 aromatic heterocycles. The van der Waals surface area contributed by atoms with Crippen molar-refractivity contribution in [1.82, 2.24) is 9.80 Å². The first-order valence-electron chi connectivity index (χ1n) is 3.93. The van der Waals surface area contributed by atoms with E-state index in [-0.39, 0.29) is 0 Å². The first kappa shape index (κ1) is 11.3. The Bertz CT molecular complexity index is 92.3. The number of rotatable bonds is 4. The molecule has 2 nitrogen and oxygen atoms in total. The van der Waals surface area contributed by atoms with E-state index in [1.807, 2.05) is 11.8 Å². The van der Waals surface area contributed by atoms with Crippen molar-refractivity contribution in [2.75, 3.05) is 28.2 Å². The van der Waals surface area contributed by atoms with Gasteiger partial charge in [0.1, 0.15) is 0 Å². The standard InChI is InChI=1S/C8H20N2S/c1-7(9(3)4)11-8(2)10(5)6/h7-8H,1-6H3. The molecule has 0 aliphatic heterocycles. The van der Waals surface area contributed by atoms with Crippen molar-refractivity contribution < 1.29 is 0 Å². The van der Waals surface area contributed by atoms with E-state index >= 15 is 0 Å². The predicted molar refractivity (Wildman–Crippen MR) is 53.9 cm³/mol. The lowest BCUT2D eigenvalue weighted by atomic mass is 10.7. The average Bonchev–Trinajstić information content (AvgIpc) is 1.87. The highest BCUT2D eigenvalue weighted by atomic mass is 32.2. The summed E-state index contributed by atoms with van der Waals surface area (Å²) < 4.78 is 0.